The summed E-state index contributed by atoms with van der Waals surface area (Å²) in [6.45, 7) is 2.28. The highest BCUT2D eigenvalue weighted by Gasteiger charge is 2.13. The molecule has 0 spiro atoms. The SMILES string of the molecule is Nc1nc(N2CCCC2)cs1. The number of nitrogens with zero attached hydrogens (tertiary/aromatic N) is 2. The molecule has 0 aliphatic carbocycles. The Bertz CT molecular complexity index is 240. The van der Waals surface area contributed by atoms with Crippen LogP contribution in [0.5, 0.6) is 0 Å². The Labute approximate surface area is 69.8 Å². The molecular weight excluding hydrogens is 158 g/mol. The van der Waals surface area contributed by atoms with Gasteiger partial charge in [-0.15, -0.1) is 11.3 Å². The first-order chi connectivity index (χ1) is 5.36. The van der Waals surface area contributed by atoms with E-state index in [-0.39, 0.29) is 0 Å². The zero-order valence-electron chi connectivity index (χ0n) is 6.29. The Kier molecular flexibility index (Phi) is 1.69. The number of aromatic nitrogens is 1. The van der Waals surface area contributed by atoms with Crippen LogP contribution in [0.3, 0.4) is 0 Å². The number of anilines is 2. The van der Waals surface area contributed by atoms with Crippen molar-refractivity contribution in [2.45, 2.75) is 12.8 Å². The van der Waals surface area contributed by atoms with Crippen molar-refractivity contribution in [1.29, 1.82) is 0 Å². The van der Waals surface area contributed by atoms with E-state index in [4.69, 9.17) is 5.73 Å². The van der Waals surface area contributed by atoms with E-state index in [9.17, 15) is 0 Å². The summed E-state index contributed by atoms with van der Waals surface area (Å²) in [5.41, 5.74) is 5.53. The lowest BCUT2D eigenvalue weighted by molar-refractivity contribution is 0.947. The molecule has 4 heteroatoms. The Hall–Kier alpha value is -0.770. The van der Waals surface area contributed by atoms with Crippen molar-refractivity contribution in [2.24, 2.45) is 0 Å². The topological polar surface area (TPSA) is 42.1 Å². The number of hydrogen-bond acceptors (Lipinski definition) is 4. The van der Waals surface area contributed by atoms with E-state index in [0.717, 1.165) is 18.9 Å². The zero-order valence-corrected chi connectivity index (χ0v) is 7.10. The number of thiazole rings is 1. The Morgan fingerprint density at radius 1 is 1.45 bits per heavy atom. The minimum atomic E-state index is 0.673. The van der Waals surface area contributed by atoms with Gasteiger partial charge in [0.05, 0.1) is 0 Å². The van der Waals surface area contributed by atoms with Crippen molar-refractivity contribution in [3.63, 3.8) is 0 Å². The minimum absolute atomic E-state index is 0.673. The summed E-state index contributed by atoms with van der Waals surface area (Å²) in [5.74, 6) is 1.06. The summed E-state index contributed by atoms with van der Waals surface area (Å²) in [6, 6.07) is 0. The first-order valence-corrected chi connectivity index (χ1v) is 4.70. The van der Waals surface area contributed by atoms with Gasteiger partial charge in [0.25, 0.3) is 0 Å². The Morgan fingerprint density at radius 3 is 2.73 bits per heavy atom. The van der Waals surface area contributed by atoms with Crippen molar-refractivity contribution in [2.75, 3.05) is 23.7 Å². The summed E-state index contributed by atoms with van der Waals surface area (Å²) in [6.07, 6.45) is 2.58. The molecule has 0 unspecified atom stereocenters. The quantitative estimate of drug-likeness (QED) is 0.689. The molecule has 1 aromatic heterocycles. The summed E-state index contributed by atoms with van der Waals surface area (Å²) in [4.78, 5) is 6.50. The van der Waals surface area contributed by atoms with Crippen molar-refractivity contribution < 1.29 is 0 Å². The third-order valence-electron chi connectivity index (χ3n) is 1.94. The number of nitrogens with two attached hydrogens (primary N) is 1. The van der Waals surface area contributed by atoms with E-state index in [1.54, 1.807) is 0 Å². The maximum absolute atomic E-state index is 5.53. The second kappa shape index (κ2) is 2.70. The van der Waals surface area contributed by atoms with Gasteiger partial charge in [-0.3, -0.25) is 0 Å². The van der Waals surface area contributed by atoms with E-state index in [1.165, 1.54) is 24.2 Å². The van der Waals surface area contributed by atoms with Crippen LogP contribution in [-0.4, -0.2) is 18.1 Å². The molecule has 2 heterocycles. The van der Waals surface area contributed by atoms with Crippen LogP contribution in [0.2, 0.25) is 0 Å². The van der Waals surface area contributed by atoms with Gasteiger partial charge in [-0.05, 0) is 12.8 Å². The lowest BCUT2D eigenvalue weighted by Gasteiger charge is -2.12. The highest BCUT2D eigenvalue weighted by Crippen LogP contribution is 2.23. The van der Waals surface area contributed by atoms with Gasteiger partial charge >= 0.3 is 0 Å². The molecule has 0 bridgehead atoms. The molecule has 11 heavy (non-hydrogen) atoms. The molecule has 0 amide bonds. The van der Waals surface area contributed by atoms with Crippen LogP contribution in [0.25, 0.3) is 0 Å². The standard InChI is InChI=1S/C7H11N3S/c8-7-9-6(5-11-7)10-3-1-2-4-10/h5H,1-4H2,(H2,8,9). The van der Waals surface area contributed by atoms with E-state index in [1.807, 2.05) is 5.38 Å². The Balaban J connectivity index is 2.15. The second-order valence-electron chi connectivity index (χ2n) is 2.74. The number of hydrogen-bond donors (Lipinski definition) is 1. The molecule has 2 N–H and O–H groups in total. The first-order valence-electron chi connectivity index (χ1n) is 3.82. The molecule has 0 atom stereocenters. The van der Waals surface area contributed by atoms with Crippen LogP contribution in [0.4, 0.5) is 10.9 Å². The van der Waals surface area contributed by atoms with Crippen LogP contribution in [0.1, 0.15) is 12.8 Å². The normalized spacial score (nSPS) is 17.6. The Morgan fingerprint density at radius 2 is 2.18 bits per heavy atom. The predicted molar refractivity (Wildman–Crippen MR) is 48.0 cm³/mol. The molecule has 0 saturated carbocycles. The average Bonchev–Trinajstić information content (AvgIpc) is 2.55. The zero-order chi connectivity index (χ0) is 7.68. The monoisotopic (exact) mass is 169 g/mol. The van der Waals surface area contributed by atoms with Crippen molar-refractivity contribution in [3.8, 4) is 0 Å². The summed E-state index contributed by atoms with van der Waals surface area (Å²) < 4.78 is 0. The van der Waals surface area contributed by atoms with E-state index < -0.39 is 0 Å². The summed E-state index contributed by atoms with van der Waals surface area (Å²) >= 11 is 1.52. The molecule has 60 valence electrons. The predicted octanol–water partition coefficient (Wildman–Crippen LogP) is 1.33. The van der Waals surface area contributed by atoms with Gasteiger partial charge < -0.3 is 10.6 Å². The molecule has 1 aliphatic rings. The van der Waals surface area contributed by atoms with Crippen LogP contribution in [-0.2, 0) is 0 Å². The van der Waals surface area contributed by atoms with Gasteiger partial charge in [-0.1, -0.05) is 0 Å². The van der Waals surface area contributed by atoms with Gasteiger partial charge in [-0.2, -0.15) is 0 Å². The fourth-order valence-corrected chi connectivity index (χ4v) is 1.94. The van der Waals surface area contributed by atoms with Crippen molar-refractivity contribution in [3.05, 3.63) is 5.38 Å². The van der Waals surface area contributed by atoms with Crippen molar-refractivity contribution >= 4 is 22.3 Å². The molecule has 1 aliphatic heterocycles. The maximum atomic E-state index is 5.53. The van der Waals surface area contributed by atoms with E-state index in [2.05, 4.69) is 9.88 Å². The molecule has 1 aromatic rings. The fraction of sp³-hybridized carbons (Fsp3) is 0.571. The molecule has 0 radical (unpaired) electrons. The summed E-state index contributed by atoms with van der Waals surface area (Å²) in [5, 5.41) is 2.70. The fourth-order valence-electron chi connectivity index (χ4n) is 1.37. The number of nitrogen functional groups attached to an aromatic ring is 1. The van der Waals surface area contributed by atoms with Gasteiger partial charge in [0.15, 0.2) is 5.13 Å². The minimum Gasteiger partial charge on any atom is -0.375 e. The van der Waals surface area contributed by atoms with Gasteiger partial charge in [0, 0.05) is 18.5 Å². The highest BCUT2D eigenvalue weighted by molar-refractivity contribution is 7.13. The molecule has 2 rings (SSSR count). The first kappa shape index (κ1) is 6.91. The second-order valence-corrected chi connectivity index (χ2v) is 3.63. The smallest absolute Gasteiger partial charge is 0.182 e. The lowest BCUT2D eigenvalue weighted by Crippen LogP contribution is -2.17. The van der Waals surface area contributed by atoms with Crippen LogP contribution >= 0.6 is 11.3 Å². The third-order valence-corrected chi connectivity index (χ3v) is 2.60. The van der Waals surface area contributed by atoms with E-state index in [0.29, 0.717) is 5.13 Å². The average molecular weight is 169 g/mol. The molecule has 3 nitrogen and oxygen atoms in total. The van der Waals surface area contributed by atoms with Gasteiger partial charge in [0.2, 0.25) is 0 Å². The summed E-state index contributed by atoms with van der Waals surface area (Å²) in [7, 11) is 0. The third kappa shape index (κ3) is 1.30. The largest absolute Gasteiger partial charge is 0.375 e. The molecule has 1 saturated heterocycles. The molecular formula is C7H11N3S. The van der Waals surface area contributed by atoms with Crippen LogP contribution in [0.15, 0.2) is 5.38 Å². The van der Waals surface area contributed by atoms with Gasteiger partial charge in [0.1, 0.15) is 5.82 Å². The van der Waals surface area contributed by atoms with Crippen LogP contribution in [0, 0.1) is 0 Å². The molecule has 0 aromatic carbocycles. The van der Waals surface area contributed by atoms with Crippen LogP contribution < -0.4 is 10.6 Å². The lowest BCUT2D eigenvalue weighted by atomic mass is 10.4. The number of rotatable bonds is 1. The highest BCUT2D eigenvalue weighted by atomic mass is 32.1. The van der Waals surface area contributed by atoms with Crippen molar-refractivity contribution in [1.82, 2.24) is 4.98 Å². The van der Waals surface area contributed by atoms with Gasteiger partial charge in [-0.25, -0.2) is 4.98 Å². The maximum Gasteiger partial charge on any atom is 0.182 e. The van der Waals surface area contributed by atoms with E-state index >= 15 is 0 Å². The molecule has 1 fully saturated rings.